The molecule has 1 heterocycles. The summed E-state index contributed by atoms with van der Waals surface area (Å²) in [5.41, 5.74) is 2.53. The molecule has 9 nitrogen and oxygen atoms in total. The summed E-state index contributed by atoms with van der Waals surface area (Å²) >= 11 is 0. The van der Waals surface area contributed by atoms with E-state index in [1.165, 1.54) is 12.4 Å². The van der Waals surface area contributed by atoms with E-state index in [0.29, 0.717) is 5.56 Å². The first-order valence-electron chi connectivity index (χ1n) is 3.87. The Bertz CT molecular complexity index is 375. The van der Waals surface area contributed by atoms with Crippen LogP contribution >= 0.6 is 0 Å². The van der Waals surface area contributed by atoms with Crippen LogP contribution in [-0.2, 0) is 17.1 Å². The molecule has 0 aromatic carbocycles. The summed E-state index contributed by atoms with van der Waals surface area (Å²) in [5, 5.41) is 31.2. The Balaban J connectivity index is -0.0000000440. The van der Waals surface area contributed by atoms with Crippen molar-refractivity contribution in [3.8, 4) is 0 Å². The molecule has 21 heavy (non-hydrogen) atoms. The zero-order valence-electron chi connectivity index (χ0n) is 10.3. The zero-order chi connectivity index (χ0) is 17.4. The summed E-state index contributed by atoms with van der Waals surface area (Å²) in [5.74, 6) is 4.58. The van der Waals surface area contributed by atoms with Gasteiger partial charge in [-0.3, -0.25) is 15.2 Å². The van der Waals surface area contributed by atoms with E-state index in [2.05, 4.69) is 4.98 Å². The van der Waals surface area contributed by atoms with Crippen molar-refractivity contribution in [2.45, 2.75) is 0 Å². The Morgan fingerprint density at radius 1 is 0.905 bits per heavy atom. The van der Waals surface area contributed by atoms with E-state index in [-0.39, 0.29) is 23.0 Å². The van der Waals surface area contributed by atoms with Gasteiger partial charge in [-0.2, -0.15) is 0 Å². The average Bonchev–Trinajstić information content (AvgIpc) is 2.63. The summed E-state index contributed by atoms with van der Waals surface area (Å²) in [7, 11) is 0. The standard InChI is InChI=1S/C6H7N3O.5CN.Fe/c7-9-6(10)5-1-3-8-4-2-5;5*1-2;/h1-4H,7H2,(H,9,10);;;;;;/q;5*-1;+5. The van der Waals surface area contributed by atoms with Gasteiger partial charge >= 0.3 is 17.1 Å². The van der Waals surface area contributed by atoms with Crippen LogP contribution < -0.4 is 11.3 Å². The molecular formula is C11H7FeN8O. The fourth-order valence-electron chi connectivity index (χ4n) is 0.587. The number of pyridine rings is 1. The number of nitrogen functional groups attached to an aromatic ring is 1. The third-order valence-corrected chi connectivity index (χ3v) is 1.07. The van der Waals surface area contributed by atoms with E-state index in [0.717, 1.165) is 0 Å². The van der Waals surface area contributed by atoms with Gasteiger partial charge in [0, 0.05) is 18.0 Å². The molecule has 0 atom stereocenters. The van der Waals surface area contributed by atoms with Gasteiger partial charge in [-0.15, -0.1) is 0 Å². The number of nitrogens with two attached hydrogens (primary N) is 1. The number of amides is 1. The Hall–Kier alpha value is -3.45. The van der Waals surface area contributed by atoms with Crippen molar-refractivity contribution in [3.05, 3.63) is 63.0 Å². The molecule has 0 aliphatic heterocycles. The quantitative estimate of drug-likeness (QED) is 0.240. The molecule has 105 valence electrons. The molecule has 10 heteroatoms. The first-order valence-corrected chi connectivity index (χ1v) is 3.87. The van der Waals surface area contributed by atoms with Gasteiger partial charge < -0.3 is 59.2 Å². The van der Waals surface area contributed by atoms with E-state index in [9.17, 15) is 4.79 Å². The molecule has 0 saturated carbocycles. The predicted molar refractivity (Wildman–Crippen MR) is 60.7 cm³/mol. The summed E-state index contributed by atoms with van der Waals surface area (Å²) in [6.07, 6.45) is 3.06. The Morgan fingerprint density at radius 2 is 1.19 bits per heavy atom. The molecule has 1 amide bonds. The van der Waals surface area contributed by atoms with Crippen LogP contribution in [0.15, 0.2) is 24.5 Å². The first kappa shape index (κ1) is 36.0. The molecule has 0 aliphatic rings. The second kappa shape index (κ2) is 54.7. The average molecular weight is 323 g/mol. The van der Waals surface area contributed by atoms with Gasteiger partial charge in [0.15, 0.2) is 0 Å². The van der Waals surface area contributed by atoms with Crippen LogP contribution in [0.5, 0.6) is 0 Å². The number of hydrogen-bond acceptors (Lipinski definition) is 8. The van der Waals surface area contributed by atoms with E-state index < -0.39 is 0 Å². The smallest absolute Gasteiger partial charge is 0.512 e. The largest absolute Gasteiger partial charge is 5.00 e. The number of hydrogen-bond donors (Lipinski definition) is 2. The topological polar surface area (TPSA) is 187 Å². The third kappa shape index (κ3) is 31.5. The van der Waals surface area contributed by atoms with Crippen LogP contribution in [0.25, 0.3) is 0 Å². The summed E-state index contributed by atoms with van der Waals surface area (Å²) in [6, 6.07) is 3.17. The second-order valence-corrected chi connectivity index (χ2v) is 1.71. The Labute approximate surface area is 133 Å². The van der Waals surface area contributed by atoms with Gasteiger partial charge in [0.2, 0.25) is 0 Å². The number of aromatic nitrogens is 1. The minimum absolute atomic E-state index is 0. The number of carbonyl (C=O) groups is 1. The van der Waals surface area contributed by atoms with Crippen LogP contribution in [0, 0.1) is 59.2 Å². The van der Waals surface area contributed by atoms with Crippen LogP contribution in [0.1, 0.15) is 10.4 Å². The zero-order valence-corrected chi connectivity index (χ0v) is 11.4. The first-order chi connectivity index (χ1) is 9.84. The fraction of sp³-hybridized carbons (Fsp3) is 0. The predicted octanol–water partition coefficient (Wildman–Crippen LogP) is 0.164. The van der Waals surface area contributed by atoms with Gasteiger partial charge in [-0.1, -0.05) is 0 Å². The summed E-state index contributed by atoms with van der Waals surface area (Å²) in [6.45, 7) is 23.8. The number of carbonyl (C=O) groups excluding carboxylic acids is 1. The molecule has 1 rings (SSSR count). The van der Waals surface area contributed by atoms with E-state index in [1.807, 2.05) is 5.43 Å². The molecule has 0 spiro atoms. The van der Waals surface area contributed by atoms with Crippen molar-refractivity contribution in [3.63, 3.8) is 0 Å². The van der Waals surface area contributed by atoms with Crippen molar-refractivity contribution in [2.75, 3.05) is 0 Å². The van der Waals surface area contributed by atoms with Crippen molar-refractivity contribution < 1.29 is 21.9 Å². The fourth-order valence-corrected chi connectivity index (χ4v) is 0.587. The van der Waals surface area contributed by atoms with Crippen molar-refractivity contribution in [1.29, 1.82) is 26.3 Å². The number of nitrogens with zero attached hydrogens (tertiary/aromatic N) is 6. The number of hydrazine groups is 1. The van der Waals surface area contributed by atoms with E-state index in [1.54, 1.807) is 12.1 Å². The van der Waals surface area contributed by atoms with Crippen molar-refractivity contribution in [2.24, 2.45) is 5.84 Å². The van der Waals surface area contributed by atoms with E-state index >= 15 is 0 Å². The van der Waals surface area contributed by atoms with Gasteiger partial charge in [0.1, 0.15) is 0 Å². The maximum Gasteiger partial charge on any atom is 5.00 e. The van der Waals surface area contributed by atoms with Gasteiger partial charge in [0.25, 0.3) is 5.91 Å². The Morgan fingerprint density at radius 3 is 1.43 bits per heavy atom. The molecular weight excluding hydrogens is 316 g/mol. The molecule has 1 aromatic heterocycles. The molecule has 0 bridgehead atoms. The molecule has 0 unspecified atom stereocenters. The van der Waals surface area contributed by atoms with Crippen molar-refractivity contribution >= 4 is 5.91 Å². The Kier molecular flexibility index (Phi) is 93.9. The summed E-state index contributed by atoms with van der Waals surface area (Å²) < 4.78 is 0. The molecule has 0 saturated heterocycles. The summed E-state index contributed by atoms with van der Waals surface area (Å²) in [4.78, 5) is 14.5. The minimum atomic E-state index is -0.303. The minimum Gasteiger partial charge on any atom is -0.512 e. The molecule has 1 aromatic rings. The number of rotatable bonds is 1. The van der Waals surface area contributed by atoms with Crippen LogP contribution in [0.2, 0.25) is 0 Å². The molecule has 1 radical (unpaired) electrons. The van der Waals surface area contributed by atoms with Gasteiger partial charge in [-0.05, 0) is 12.1 Å². The third-order valence-electron chi connectivity index (χ3n) is 1.07. The molecule has 3 N–H and O–H groups in total. The second-order valence-electron chi connectivity index (χ2n) is 1.71. The maximum absolute atomic E-state index is 10.7. The maximum atomic E-state index is 10.7. The van der Waals surface area contributed by atoms with Gasteiger partial charge in [-0.25, -0.2) is 5.84 Å². The van der Waals surface area contributed by atoms with Crippen LogP contribution in [0.3, 0.4) is 0 Å². The molecule has 0 fully saturated rings. The number of nitrogens with one attached hydrogen (secondary N) is 1. The van der Waals surface area contributed by atoms with Crippen LogP contribution in [0.4, 0.5) is 0 Å². The SMILES string of the molecule is NNC(=O)c1ccncc1.[C-]#N.[C-]#N.[C-]#N.[C-]#N.[C-]#N.[Fe+5]. The van der Waals surface area contributed by atoms with Crippen LogP contribution in [-0.4, -0.2) is 10.9 Å². The normalized spacial score (nSPS) is 4.71. The van der Waals surface area contributed by atoms with Crippen molar-refractivity contribution in [1.82, 2.24) is 10.4 Å². The van der Waals surface area contributed by atoms with Gasteiger partial charge in [0.05, 0.1) is 0 Å². The van der Waals surface area contributed by atoms with E-state index in [4.69, 9.17) is 65.0 Å². The molecule has 0 aliphatic carbocycles. The monoisotopic (exact) mass is 323 g/mol.